The van der Waals surface area contributed by atoms with Crippen LogP contribution in [0.4, 0.5) is 0 Å². The summed E-state index contributed by atoms with van der Waals surface area (Å²) in [6, 6.07) is 10.5. The summed E-state index contributed by atoms with van der Waals surface area (Å²) >= 11 is 0. The number of imidazole rings is 1. The van der Waals surface area contributed by atoms with Crippen LogP contribution in [0.2, 0.25) is 0 Å². The first-order valence-corrected chi connectivity index (χ1v) is 8.65. The SMILES string of the molecule is Cn1cc(CN2CCc3[nH]cnc3[C@H]2COCc2ccccc2)cn1. The molecule has 0 saturated heterocycles. The van der Waals surface area contributed by atoms with Crippen molar-refractivity contribution in [3.63, 3.8) is 0 Å². The van der Waals surface area contributed by atoms with Crippen molar-refractivity contribution in [3.05, 3.63) is 71.6 Å². The molecule has 1 aromatic carbocycles. The largest absolute Gasteiger partial charge is 0.375 e. The molecule has 6 nitrogen and oxygen atoms in total. The number of aromatic nitrogens is 4. The summed E-state index contributed by atoms with van der Waals surface area (Å²) in [5.74, 6) is 0. The maximum atomic E-state index is 6.04. The van der Waals surface area contributed by atoms with Gasteiger partial charge in [0, 0.05) is 44.0 Å². The Morgan fingerprint density at radius 1 is 1.24 bits per heavy atom. The highest BCUT2D eigenvalue weighted by Crippen LogP contribution is 2.29. The van der Waals surface area contributed by atoms with Gasteiger partial charge in [-0.3, -0.25) is 9.58 Å². The highest BCUT2D eigenvalue weighted by Gasteiger charge is 2.30. The molecular formula is C19H23N5O. The van der Waals surface area contributed by atoms with E-state index in [-0.39, 0.29) is 6.04 Å². The lowest BCUT2D eigenvalue weighted by molar-refractivity contribution is 0.0392. The Morgan fingerprint density at radius 2 is 2.12 bits per heavy atom. The quantitative estimate of drug-likeness (QED) is 0.751. The van der Waals surface area contributed by atoms with E-state index in [9.17, 15) is 0 Å². The highest BCUT2D eigenvalue weighted by molar-refractivity contribution is 5.21. The van der Waals surface area contributed by atoms with Crippen LogP contribution in [-0.2, 0) is 31.4 Å². The van der Waals surface area contributed by atoms with Crippen molar-refractivity contribution < 1.29 is 4.74 Å². The summed E-state index contributed by atoms with van der Waals surface area (Å²) in [5, 5.41) is 4.28. The zero-order valence-corrected chi connectivity index (χ0v) is 14.4. The lowest BCUT2D eigenvalue weighted by atomic mass is 10.0. The average molecular weight is 337 g/mol. The number of benzene rings is 1. The number of hydrogen-bond acceptors (Lipinski definition) is 4. The second-order valence-electron chi connectivity index (χ2n) is 6.53. The maximum Gasteiger partial charge on any atom is 0.0925 e. The summed E-state index contributed by atoms with van der Waals surface area (Å²) in [6.07, 6.45) is 6.79. The van der Waals surface area contributed by atoms with Crippen LogP contribution >= 0.6 is 0 Å². The third-order valence-electron chi connectivity index (χ3n) is 4.69. The monoisotopic (exact) mass is 337 g/mol. The van der Waals surface area contributed by atoms with Gasteiger partial charge in [0.1, 0.15) is 0 Å². The standard InChI is InChI=1S/C19H23N5O/c1-23-10-16(9-22-23)11-24-8-7-17-19(21-14-20-17)18(24)13-25-12-15-5-3-2-4-6-15/h2-6,9-10,14,18H,7-8,11-13H2,1H3,(H,20,21)/t18-/m1/s1. The molecule has 0 saturated carbocycles. The number of aryl methyl sites for hydroxylation is 1. The minimum absolute atomic E-state index is 0.166. The van der Waals surface area contributed by atoms with Gasteiger partial charge in [0.25, 0.3) is 0 Å². The molecule has 0 bridgehead atoms. The van der Waals surface area contributed by atoms with Crippen LogP contribution in [-0.4, -0.2) is 37.8 Å². The lowest BCUT2D eigenvalue weighted by Gasteiger charge is -2.34. The van der Waals surface area contributed by atoms with E-state index in [1.54, 1.807) is 6.33 Å². The number of fused-ring (bicyclic) bond motifs is 1. The Morgan fingerprint density at radius 3 is 2.92 bits per heavy atom. The second-order valence-corrected chi connectivity index (χ2v) is 6.53. The first-order chi connectivity index (χ1) is 12.3. The molecule has 3 heterocycles. The highest BCUT2D eigenvalue weighted by atomic mass is 16.5. The molecule has 0 unspecified atom stereocenters. The van der Waals surface area contributed by atoms with E-state index in [1.165, 1.54) is 16.8 Å². The number of H-pyrrole nitrogens is 1. The molecule has 4 rings (SSSR count). The molecule has 0 spiro atoms. The molecule has 1 atom stereocenters. The number of ether oxygens (including phenoxy) is 1. The van der Waals surface area contributed by atoms with Crippen molar-refractivity contribution in [3.8, 4) is 0 Å². The van der Waals surface area contributed by atoms with Crippen LogP contribution in [0.3, 0.4) is 0 Å². The summed E-state index contributed by atoms with van der Waals surface area (Å²) in [4.78, 5) is 10.3. The fourth-order valence-electron chi connectivity index (χ4n) is 3.43. The number of rotatable bonds is 6. The fourth-order valence-corrected chi connectivity index (χ4v) is 3.43. The third kappa shape index (κ3) is 3.65. The summed E-state index contributed by atoms with van der Waals surface area (Å²) in [6.45, 7) is 3.10. The zero-order chi connectivity index (χ0) is 17.1. The molecule has 0 amide bonds. The Labute approximate surface area is 147 Å². The fraction of sp³-hybridized carbons (Fsp3) is 0.368. The van der Waals surface area contributed by atoms with E-state index in [1.807, 2.05) is 36.1 Å². The number of nitrogens with zero attached hydrogens (tertiary/aromatic N) is 4. The smallest absolute Gasteiger partial charge is 0.0925 e. The molecule has 0 aliphatic carbocycles. The molecule has 1 N–H and O–H groups in total. The van der Waals surface area contributed by atoms with Gasteiger partial charge in [-0.15, -0.1) is 0 Å². The van der Waals surface area contributed by atoms with Crippen LogP contribution in [0, 0.1) is 0 Å². The van der Waals surface area contributed by atoms with Gasteiger partial charge < -0.3 is 9.72 Å². The van der Waals surface area contributed by atoms with Gasteiger partial charge in [-0.1, -0.05) is 30.3 Å². The van der Waals surface area contributed by atoms with E-state index in [4.69, 9.17) is 4.74 Å². The predicted molar refractivity (Wildman–Crippen MR) is 94.7 cm³/mol. The van der Waals surface area contributed by atoms with Crippen LogP contribution < -0.4 is 0 Å². The van der Waals surface area contributed by atoms with E-state index in [0.717, 1.165) is 25.2 Å². The van der Waals surface area contributed by atoms with Crippen molar-refractivity contribution in [2.75, 3.05) is 13.2 Å². The van der Waals surface area contributed by atoms with Crippen LogP contribution in [0.5, 0.6) is 0 Å². The first-order valence-electron chi connectivity index (χ1n) is 8.65. The normalized spacial score (nSPS) is 17.6. The third-order valence-corrected chi connectivity index (χ3v) is 4.69. The minimum Gasteiger partial charge on any atom is -0.375 e. The van der Waals surface area contributed by atoms with Crippen LogP contribution in [0.25, 0.3) is 0 Å². The molecule has 2 aromatic heterocycles. The van der Waals surface area contributed by atoms with Gasteiger partial charge in [-0.25, -0.2) is 4.98 Å². The molecule has 0 radical (unpaired) electrons. The molecule has 25 heavy (non-hydrogen) atoms. The molecule has 3 aromatic rings. The van der Waals surface area contributed by atoms with Crippen LogP contribution in [0.1, 0.15) is 28.6 Å². The van der Waals surface area contributed by atoms with Gasteiger partial charge in [-0.05, 0) is 5.56 Å². The maximum absolute atomic E-state index is 6.04. The van der Waals surface area contributed by atoms with Crippen molar-refractivity contribution in [1.82, 2.24) is 24.6 Å². The molecule has 1 aliphatic rings. The first kappa shape index (κ1) is 16.1. The van der Waals surface area contributed by atoms with Gasteiger partial charge >= 0.3 is 0 Å². The predicted octanol–water partition coefficient (Wildman–Crippen LogP) is 2.46. The van der Waals surface area contributed by atoms with Gasteiger partial charge in [0.2, 0.25) is 0 Å². The minimum atomic E-state index is 0.166. The molecular weight excluding hydrogens is 314 g/mol. The van der Waals surface area contributed by atoms with E-state index in [2.05, 4.69) is 38.3 Å². The number of nitrogens with one attached hydrogen (secondary N) is 1. The molecule has 6 heteroatoms. The van der Waals surface area contributed by atoms with E-state index >= 15 is 0 Å². The second kappa shape index (κ2) is 7.21. The van der Waals surface area contributed by atoms with Crippen molar-refractivity contribution in [2.24, 2.45) is 7.05 Å². The van der Waals surface area contributed by atoms with Crippen molar-refractivity contribution in [2.45, 2.75) is 25.6 Å². The van der Waals surface area contributed by atoms with E-state index < -0.39 is 0 Å². The van der Waals surface area contributed by atoms with Crippen molar-refractivity contribution in [1.29, 1.82) is 0 Å². The summed E-state index contributed by atoms with van der Waals surface area (Å²) < 4.78 is 7.89. The molecule has 130 valence electrons. The lowest BCUT2D eigenvalue weighted by Crippen LogP contribution is -2.37. The summed E-state index contributed by atoms with van der Waals surface area (Å²) in [5.41, 5.74) is 4.76. The van der Waals surface area contributed by atoms with Gasteiger partial charge in [-0.2, -0.15) is 5.10 Å². The number of aromatic amines is 1. The van der Waals surface area contributed by atoms with Crippen molar-refractivity contribution >= 4 is 0 Å². The average Bonchev–Trinajstić information content (AvgIpc) is 3.26. The Balaban J connectivity index is 1.46. The topological polar surface area (TPSA) is 59.0 Å². The van der Waals surface area contributed by atoms with Gasteiger partial charge in [0.05, 0.1) is 37.5 Å². The van der Waals surface area contributed by atoms with Crippen LogP contribution in [0.15, 0.2) is 49.1 Å². The van der Waals surface area contributed by atoms with Gasteiger partial charge in [0.15, 0.2) is 0 Å². The Hall–Kier alpha value is -2.44. The number of hydrogen-bond donors (Lipinski definition) is 1. The summed E-state index contributed by atoms with van der Waals surface area (Å²) in [7, 11) is 1.95. The van der Waals surface area contributed by atoms with E-state index in [0.29, 0.717) is 13.2 Å². The zero-order valence-electron chi connectivity index (χ0n) is 14.4. The molecule has 0 fully saturated rings. The Kier molecular flexibility index (Phi) is 4.63. The Bertz CT molecular complexity index is 810. The molecule has 1 aliphatic heterocycles.